The van der Waals surface area contributed by atoms with Gasteiger partial charge in [0.15, 0.2) is 6.61 Å². The van der Waals surface area contributed by atoms with E-state index in [1.165, 1.54) is 16.2 Å². The molecule has 234 valence electrons. The van der Waals surface area contributed by atoms with Gasteiger partial charge in [-0.2, -0.15) is 0 Å². The fourth-order valence-corrected chi connectivity index (χ4v) is 11.5. The highest BCUT2D eigenvalue weighted by atomic mass is 79.9. The Kier molecular flexibility index (Phi) is 7.43. The first-order chi connectivity index (χ1) is 22.2. The van der Waals surface area contributed by atoms with Gasteiger partial charge in [-0.15, -0.1) is 11.8 Å². The van der Waals surface area contributed by atoms with Crippen molar-refractivity contribution >= 4 is 79.7 Å². The van der Waals surface area contributed by atoms with Crippen LogP contribution in [0.1, 0.15) is 28.3 Å². The van der Waals surface area contributed by atoms with E-state index in [9.17, 15) is 19.2 Å². The van der Waals surface area contributed by atoms with E-state index < -0.39 is 5.92 Å². The molecule has 3 amide bonds. The Bertz CT molecular complexity index is 1960. The standard InChI is InChI=1S/C34H27BrClN3O5S2/c1-15-2-9-19(10-3-15)39-32(41)27-21-13-22(28(27)33(39)42)29-26(21)25(30-31(45-29)38-34(43)46-30)20-12-16(35)4-11-23(20)44-14-24(40)37-18-7-5-17(36)6-8-18/h2-12,21-22,25-29H,13-14H2,1H3,(H,37,40)(H,38,43)/t21?,22?,25-,26?,27?,28?,29?/m1/s1. The summed E-state index contributed by atoms with van der Waals surface area (Å²) in [5, 5.41) is 4.24. The number of nitrogens with one attached hydrogen (secondary N) is 2. The van der Waals surface area contributed by atoms with Crippen molar-refractivity contribution in [1.29, 1.82) is 0 Å². The van der Waals surface area contributed by atoms with Crippen LogP contribution in [0.5, 0.6) is 5.75 Å². The zero-order valence-corrected chi connectivity index (χ0v) is 28.3. The van der Waals surface area contributed by atoms with Gasteiger partial charge < -0.3 is 15.0 Å². The minimum atomic E-state index is -0.415. The molecule has 3 heterocycles. The molecule has 4 aliphatic rings. The van der Waals surface area contributed by atoms with E-state index in [4.69, 9.17) is 16.3 Å². The van der Waals surface area contributed by atoms with Crippen LogP contribution in [0.4, 0.5) is 11.4 Å². The normalized spacial score (nSPS) is 27.4. The smallest absolute Gasteiger partial charge is 0.305 e. The van der Waals surface area contributed by atoms with E-state index in [0.717, 1.165) is 31.9 Å². The average molecular weight is 737 g/mol. The lowest BCUT2D eigenvalue weighted by Crippen LogP contribution is -2.42. The van der Waals surface area contributed by atoms with Crippen LogP contribution in [0.15, 0.2) is 81.0 Å². The molecule has 1 saturated heterocycles. The molecule has 6 unspecified atom stereocenters. The molecule has 0 radical (unpaired) electrons. The maximum absolute atomic E-state index is 14.1. The van der Waals surface area contributed by atoms with Gasteiger partial charge >= 0.3 is 4.87 Å². The highest BCUT2D eigenvalue weighted by molar-refractivity contribution is 9.10. The Labute approximate surface area is 286 Å². The molecule has 0 spiro atoms. The molecule has 7 atom stereocenters. The Morgan fingerprint density at radius 3 is 2.48 bits per heavy atom. The van der Waals surface area contributed by atoms with Crippen LogP contribution in [0, 0.1) is 36.5 Å². The topological polar surface area (TPSA) is 109 Å². The number of amides is 3. The van der Waals surface area contributed by atoms with Crippen molar-refractivity contribution in [2.24, 2.45) is 29.6 Å². The van der Waals surface area contributed by atoms with Crippen molar-refractivity contribution in [3.05, 3.63) is 102 Å². The molecule has 3 aromatic carbocycles. The number of fused-ring (bicyclic) bond motifs is 9. The predicted molar refractivity (Wildman–Crippen MR) is 182 cm³/mol. The number of aromatic amines is 1. The van der Waals surface area contributed by atoms with Crippen LogP contribution < -0.4 is 19.8 Å². The Balaban J connectivity index is 1.14. The number of hydrogen-bond donors (Lipinski definition) is 2. The lowest BCUT2D eigenvalue weighted by Gasteiger charge is -2.43. The fraction of sp³-hybridized carbons (Fsp3) is 0.294. The summed E-state index contributed by atoms with van der Waals surface area (Å²) in [6.45, 7) is 1.75. The molecule has 2 bridgehead atoms. The minimum absolute atomic E-state index is 0.00220. The monoisotopic (exact) mass is 735 g/mol. The number of halogens is 2. The third-order valence-electron chi connectivity index (χ3n) is 9.81. The maximum Gasteiger partial charge on any atom is 0.305 e. The summed E-state index contributed by atoms with van der Waals surface area (Å²) in [6, 6.07) is 20.0. The second kappa shape index (κ2) is 11.4. The molecule has 2 saturated carbocycles. The van der Waals surface area contributed by atoms with Crippen molar-refractivity contribution < 1.29 is 19.1 Å². The highest BCUT2D eigenvalue weighted by Gasteiger charge is 2.69. The number of carbonyl (C=O) groups excluding carboxylic acids is 3. The van der Waals surface area contributed by atoms with Crippen LogP contribution in [-0.2, 0) is 14.4 Å². The quantitative estimate of drug-likeness (QED) is 0.210. The number of ether oxygens (including phenoxy) is 1. The van der Waals surface area contributed by atoms with Crippen molar-refractivity contribution in [3.63, 3.8) is 0 Å². The number of thioether (sulfide) groups is 1. The summed E-state index contributed by atoms with van der Waals surface area (Å²) in [4.78, 5) is 58.8. The summed E-state index contributed by atoms with van der Waals surface area (Å²) >= 11 is 12.4. The second-order valence-electron chi connectivity index (χ2n) is 12.3. The van der Waals surface area contributed by atoms with Gasteiger partial charge in [0.05, 0.1) is 22.5 Å². The number of imide groups is 1. The van der Waals surface area contributed by atoms with Crippen LogP contribution in [0.3, 0.4) is 0 Å². The first-order valence-electron chi connectivity index (χ1n) is 15.0. The SMILES string of the molecule is Cc1ccc(N2C(=O)C3C4CC(C3C2=O)C2C4Sc3[nH]c(=O)sc3[C@@H]2c2cc(Br)ccc2OCC(=O)Nc2ccc(Cl)cc2)cc1. The Morgan fingerprint density at radius 1 is 1.02 bits per heavy atom. The lowest BCUT2D eigenvalue weighted by molar-refractivity contribution is -0.123. The van der Waals surface area contributed by atoms with Gasteiger partial charge in [-0.05, 0) is 85.7 Å². The largest absolute Gasteiger partial charge is 0.483 e. The van der Waals surface area contributed by atoms with Crippen molar-refractivity contribution in [1.82, 2.24) is 4.98 Å². The van der Waals surface area contributed by atoms with Gasteiger partial charge in [0, 0.05) is 36.8 Å². The van der Waals surface area contributed by atoms with Crippen LogP contribution in [-0.4, -0.2) is 34.6 Å². The number of carbonyl (C=O) groups is 3. The van der Waals surface area contributed by atoms with E-state index in [1.807, 2.05) is 49.4 Å². The second-order valence-corrected chi connectivity index (χ2v) is 15.9. The number of rotatable bonds is 6. The number of aryl methyl sites for hydroxylation is 1. The molecule has 12 heteroatoms. The number of aromatic nitrogens is 1. The molecule has 1 aromatic heterocycles. The number of hydrogen-bond acceptors (Lipinski definition) is 7. The minimum Gasteiger partial charge on any atom is -0.483 e. The molecule has 8 nitrogen and oxygen atoms in total. The summed E-state index contributed by atoms with van der Waals surface area (Å²) in [5.74, 6) is -1.16. The third-order valence-corrected chi connectivity index (χ3v) is 13.1. The average Bonchev–Trinajstić information content (AvgIpc) is 3.77. The fourth-order valence-electron chi connectivity index (χ4n) is 8.08. The molecule has 46 heavy (non-hydrogen) atoms. The van der Waals surface area contributed by atoms with E-state index in [1.54, 1.807) is 36.0 Å². The number of thiazole rings is 1. The van der Waals surface area contributed by atoms with Crippen molar-refractivity contribution in [3.8, 4) is 5.75 Å². The van der Waals surface area contributed by atoms with E-state index in [-0.39, 0.29) is 64.0 Å². The molecule has 2 aliphatic heterocycles. The van der Waals surface area contributed by atoms with Gasteiger partial charge in [-0.1, -0.05) is 56.6 Å². The van der Waals surface area contributed by atoms with Gasteiger partial charge in [0.2, 0.25) is 11.8 Å². The Morgan fingerprint density at radius 2 is 1.74 bits per heavy atom. The number of nitrogens with zero attached hydrogens (tertiary/aromatic N) is 1. The molecule has 2 N–H and O–H groups in total. The summed E-state index contributed by atoms with van der Waals surface area (Å²) in [6.07, 6.45) is 0.778. The number of H-pyrrole nitrogens is 1. The molecular weight excluding hydrogens is 710 g/mol. The number of anilines is 2. The molecule has 4 aromatic rings. The summed E-state index contributed by atoms with van der Waals surface area (Å²) < 4.78 is 7.02. The van der Waals surface area contributed by atoms with E-state index >= 15 is 0 Å². The van der Waals surface area contributed by atoms with Crippen LogP contribution in [0.25, 0.3) is 0 Å². The zero-order valence-electron chi connectivity index (χ0n) is 24.4. The van der Waals surface area contributed by atoms with Crippen molar-refractivity contribution in [2.45, 2.75) is 29.5 Å². The van der Waals surface area contributed by atoms with Gasteiger partial charge in [-0.25, -0.2) is 0 Å². The summed E-state index contributed by atoms with van der Waals surface area (Å²) in [7, 11) is 0. The van der Waals surface area contributed by atoms with E-state index in [0.29, 0.717) is 22.1 Å². The predicted octanol–water partition coefficient (Wildman–Crippen LogP) is 6.86. The van der Waals surface area contributed by atoms with Gasteiger partial charge in [0.25, 0.3) is 5.91 Å². The summed E-state index contributed by atoms with van der Waals surface area (Å²) in [5.41, 5.74) is 3.12. The van der Waals surface area contributed by atoms with Gasteiger partial charge in [-0.3, -0.25) is 24.1 Å². The molecule has 2 aliphatic carbocycles. The third kappa shape index (κ3) is 4.85. The van der Waals surface area contributed by atoms with Crippen molar-refractivity contribution in [2.75, 3.05) is 16.8 Å². The molecule has 3 fully saturated rings. The zero-order chi connectivity index (χ0) is 31.9. The van der Waals surface area contributed by atoms with Crippen LogP contribution in [0.2, 0.25) is 5.02 Å². The number of benzene rings is 3. The van der Waals surface area contributed by atoms with Crippen LogP contribution >= 0.6 is 50.6 Å². The Hall–Kier alpha value is -3.38. The molecule has 8 rings (SSSR count). The van der Waals surface area contributed by atoms with Gasteiger partial charge in [0.1, 0.15) is 5.75 Å². The highest BCUT2D eigenvalue weighted by Crippen LogP contribution is 2.69. The van der Waals surface area contributed by atoms with E-state index in [2.05, 4.69) is 26.2 Å². The maximum atomic E-state index is 14.1. The first-order valence-corrected chi connectivity index (χ1v) is 17.9. The first kappa shape index (κ1) is 30.0. The lowest BCUT2D eigenvalue weighted by atomic mass is 9.68. The molecular formula is C34H27BrClN3O5S2.